The van der Waals surface area contributed by atoms with Crippen LogP contribution >= 0.6 is 0 Å². The summed E-state index contributed by atoms with van der Waals surface area (Å²) in [4.78, 5) is 8.01. The largest absolute Gasteiger partial charge is 0.497 e. The summed E-state index contributed by atoms with van der Waals surface area (Å²) in [6.45, 7) is 0.226. The van der Waals surface area contributed by atoms with Crippen molar-refractivity contribution in [1.29, 1.82) is 0 Å². The normalized spacial score (nSPS) is 10.1. The lowest BCUT2D eigenvalue weighted by Crippen LogP contribution is -2.00. The molecule has 0 aliphatic carbocycles. The minimum absolute atomic E-state index is 0.149. The number of aliphatic hydroxyl groups is 1. The Bertz CT molecular complexity index is 470. The molecule has 1 aromatic heterocycles. The topological polar surface area (TPSA) is 64.5 Å². The number of aromatic nitrogens is 2. The van der Waals surface area contributed by atoms with E-state index in [9.17, 15) is 0 Å². The highest BCUT2D eigenvalue weighted by Crippen LogP contribution is 2.14. The Hall–Kier alpha value is -2.14. The lowest BCUT2D eigenvalue weighted by molar-refractivity contribution is 0.264. The number of aliphatic hydroxyl groups excluding tert-OH is 1. The minimum Gasteiger partial charge on any atom is -0.497 e. The fourth-order valence-corrected chi connectivity index (χ4v) is 1.45. The molecule has 0 saturated carbocycles. The van der Waals surface area contributed by atoms with Crippen LogP contribution in [0, 0.1) is 0 Å². The number of methoxy groups -OCH3 is 1. The number of nitrogens with zero attached hydrogens (tertiary/aromatic N) is 2. The molecule has 0 amide bonds. The molecule has 0 saturated heterocycles. The summed E-state index contributed by atoms with van der Waals surface area (Å²) in [5, 5.41) is 8.94. The van der Waals surface area contributed by atoms with Crippen molar-refractivity contribution in [2.24, 2.45) is 0 Å². The van der Waals surface area contributed by atoms with Gasteiger partial charge in [-0.3, -0.25) is 4.98 Å². The Kier molecular flexibility index (Phi) is 4.09. The van der Waals surface area contributed by atoms with Gasteiger partial charge in [-0.15, -0.1) is 0 Å². The third-order valence-corrected chi connectivity index (χ3v) is 2.35. The monoisotopic (exact) mass is 246 g/mol. The predicted octanol–water partition coefficient (Wildman–Crippen LogP) is 1.56. The second kappa shape index (κ2) is 5.97. The summed E-state index contributed by atoms with van der Waals surface area (Å²) >= 11 is 0. The van der Waals surface area contributed by atoms with Crippen molar-refractivity contribution in [3.63, 3.8) is 0 Å². The van der Waals surface area contributed by atoms with Gasteiger partial charge >= 0.3 is 0 Å². The molecule has 0 bridgehead atoms. The van der Waals surface area contributed by atoms with Gasteiger partial charge in [0.2, 0.25) is 5.88 Å². The van der Waals surface area contributed by atoms with Crippen LogP contribution in [0.1, 0.15) is 11.3 Å². The third kappa shape index (κ3) is 3.18. The van der Waals surface area contributed by atoms with E-state index in [0.29, 0.717) is 18.2 Å². The molecule has 0 fully saturated rings. The molecular formula is C13H14N2O3. The molecule has 2 aromatic rings. The second-order valence-electron chi connectivity index (χ2n) is 3.65. The van der Waals surface area contributed by atoms with Crippen LogP contribution in [0.2, 0.25) is 0 Å². The average molecular weight is 246 g/mol. The molecule has 0 aliphatic heterocycles. The highest BCUT2D eigenvalue weighted by atomic mass is 16.5. The molecule has 0 atom stereocenters. The number of rotatable bonds is 5. The van der Waals surface area contributed by atoms with Crippen molar-refractivity contribution in [2.45, 2.75) is 13.2 Å². The Morgan fingerprint density at radius 2 is 2.17 bits per heavy atom. The summed E-state index contributed by atoms with van der Waals surface area (Å²) in [7, 11) is 1.62. The predicted molar refractivity (Wildman–Crippen MR) is 65.3 cm³/mol. The van der Waals surface area contributed by atoms with E-state index in [2.05, 4.69) is 9.97 Å². The van der Waals surface area contributed by atoms with E-state index in [1.54, 1.807) is 7.11 Å². The molecule has 5 nitrogen and oxygen atoms in total. The smallest absolute Gasteiger partial charge is 0.232 e. The average Bonchev–Trinajstić information content (AvgIpc) is 2.45. The molecule has 0 aliphatic rings. The SMILES string of the molecule is COc1cccc(COc2cncc(CO)n2)c1. The van der Waals surface area contributed by atoms with E-state index in [0.717, 1.165) is 11.3 Å². The fraction of sp³-hybridized carbons (Fsp3) is 0.231. The Morgan fingerprint density at radius 3 is 2.94 bits per heavy atom. The Morgan fingerprint density at radius 1 is 1.28 bits per heavy atom. The molecule has 1 heterocycles. The van der Waals surface area contributed by atoms with E-state index >= 15 is 0 Å². The quantitative estimate of drug-likeness (QED) is 0.867. The van der Waals surface area contributed by atoms with E-state index < -0.39 is 0 Å². The van der Waals surface area contributed by atoms with Crippen molar-refractivity contribution in [3.05, 3.63) is 47.9 Å². The Labute approximate surface area is 105 Å². The summed E-state index contributed by atoms with van der Waals surface area (Å²) in [5.41, 5.74) is 1.46. The maximum atomic E-state index is 8.94. The first kappa shape index (κ1) is 12.3. The van der Waals surface area contributed by atoms with Crippen LogP contribution in [0.15, 0.2) is 36.7 Å². The van der Waals surface area contributed by atoms with Gasteiger partial charge in [0.05, 0.1) is 31.8 Å². The van der Waals surface area contributed by atoms with Gasteiger partial charge in [-0.05, 0) is 17.7 Å². The molecule has 1 N–H and O–H groups in total. The van der Waals surface area contributed by atoms with Crippen LogP contribution in [-0.2, 0) is 13.2 Å². The molecule has 0 spiro atoms. The van der Waals surface area contributed by atoms with Gasteiger partial charge in [0.25, 0.3) is 0 Å². The van der Waals surface area contributed by atoms with Gasteiger partial charge in [-0.25, -0.2) is 4.98 Å². The molecular weight excluding hydrogens is 232 g/mol. The molecule has 5 heteroatoms. The first-order valence-electron chi connectivity index (χ1n) is 5.49. The van der Waals surface area contributed by atoms with Gasteiger partial charge in [-0.2, -0.15) is 0 Å². The first-order chi connectivity index (χ1) is 8.81. The van der Waals surface area contributed by atoms with Crippen LogP contribution in [0.5, 0.6) is 11.6 Å². The van der Waals surface area contributed by atoms with Gasteiger partial charge in [0, 0.05) is 0 Å². The zero-order valence-electron chi connectivity index (χ0n) is 10.0. The van der Waals surface area contributed by atoms with E-state index in [1.807, 2.05) is 24.3 Å². The summed E-state index contributed by atoms with van der Waals surface area (Å²) in [5.74, 6) is 1.18. The third-order valence-electron chi connectivity index (χ3n) is 2.35. The summed E-state index contributed by atoms with van der Waals surface area (Å²) < 4.78 is 10.6. The number of hydrogen-bond donors (Lipinski definition) is 1. The molecule has 0 radical (unpaired) electrons. The molecule has 1 aromatic carbocycles. The highest BCUT2D eigenvalue weighted by molar-refractivity contribution is 5.28. The van der Waals surface area contributed by atoms with E-state index in [4.69, 9.17) is 14.6 Å². The molecule has 0 unspecified atom stereocenters. The second-order valence-corrected chi connectivity index (χ2v) is 3.65. The molecule has 2 rings (SSSR count). The van der Waals surface area contributed by atoms with Crippen LogP contribution in [-0.4, -0.2) is 22.2 Å². The number of benzene rings is 1. The van der Waals surface area contributed by atoms with Crippen molar-refractivity contribution in [2.75, 3.05) is 7.11 Å². The lowest BCUT2D eigenvalue weighted by Gasteiger charge is -2.07. The van der Waals surface area contributed by atoms with Gasteiger partial charge in [0.15, 0.2) is 0 Å². The van der Waals surface area contributed by atoms with Gasteiger partial charge in [-0.1, -0.05) is 12.1 Å². The van der Waals surface area contributed by atoms with Crippen molar-refractivity contribution in [3.8, 4) is 11.6 Å². The van der Waals surface area contributed by atoms with Crippen molar-refractivity contribution in [1.82, 2.24) is 9.97 Å². The molecule has 18 heavy (non-hydrogen) atoms. The van der Waals surface area contributed by atoms with Crippen LogP contribution in [0.25, 0.3) is 0 Å². The Balaban J connectivity index is 2.01. The van der Waals surface area contributed by atoms with Gasteiger partial charge in [0.1, 0.15) is 12.4 Å². The summed E-state index contributed by atoms with van der Waals surface area (Å²) in [6, 6.07) is 7.60. The van der Waals surface area contributed by atoms with E-state index in [-0.39, 0.29) is 6.61 Å². The van der Waals surface area contributed by atoms with Crippen molar-refractivity contribution >= 4 is 0 Å². The van der Waals surface area contributed by atoms with Crippen LogP contribution in [0.4, 0.5) is 0 Å². The van der Waals surface area contributed by atoms with Crippen LogP contribution < -0.4 is 9.47 Å². The van der Waals surface area contributed by atoms with Crippen molar-refractivity contribution < 1.29 is 14.6 Å². The lowest BCUT2D eigenvalue weighted by atomic mass is 10.2. The molecule has 94 valence electrons. The zero-order valence-corrected chi connectivity index (χ0v) is 10.0. The van der Waals surface area contributed by atoms with Gasteiger partial charge < -0.3 is 14.6 Å². The standard InChI is InChI=1S/C13H14N2O3/c1-17-12-4-2-3-10(5-12)9-18-13-7-14-6-11(8-16)15-13/h2-7,16H,8-9H2,1H3. The van der Waals surface area contributed by atoms with E-state index in [1.165, 1.54) is 12.4 Å². The maximum absolute atomic E-state index is 8.94. The minimum atomic E-state index is -0.149. The van der Waals surface area contributed by atoms with Crippen LogP contribution in [0.3, 0.4) is 0 Å². The zero-order chi connectivity index (χ0) is 12.8. The first-order valence-corrected chi connectivity index (χ1v) is 5.49. The number of hydrogen-bond acceptors (Lipinski definition) is 5. The fourth-order valence-electron chi connectivity index (χ4n) is 1.45. The summed E-state index contributed by atoms with van der Waals surface area (Å²) in [6.07, 6.45) is 3.01. The highest BCUT2D eigenvalue weighted by Gasteiger charge is 2.01. The number of ether oxygens (including phenoxy) is 2. The maximum Gasteiger partial charge on any atom is 0.232 e.